The Hall–Kier alpha value is -2.25. The largest absolute Gasteiger partial charge is 0.378 e. The fraction of sp³-hybridized carbons (Fsp3) is 0.450. The number of hydrogen-bond donors (Lipinski definition) is 2. The number of primary amides is 1. The Balaban J connectivity index is 1.66. The van der Waals surface area contributed by atoms with E-state index in [1.165, 1.54) is 16.9 Å². The predicted octanol–water partition coefficient (Wildman–Crippen LogP) is 2.63. The van der Waals surface area contributed by atoms with Crippen LogP contribution in [0.4, 0.5) is 0 Å². The number of aromatic nitrogens is 1. The molecule has 2 heterocycles. The maximum absolute atomic E-state index is 12.4. The van der Waals surface area contributed by atoms with E-state index in [0.29, 0.717) is 31.1 Å². The minimum atomic E-state index is -1.11. The SMILES string of the molecule is CC(C)c1ccc(-c2nc(CC(=O)NC3(C(N)=O)CCCOC3)cs2)cc1. The monoisotopic (exact) mass is 387 g/mol. The molecule has 6 nitrogen and oxygen atoms in total. The van der Waals surface area contributed by atoms with E-state index in [1.807, 2.05) is 5.38 Å². The number of rotatable bonds is 6. The zero-order valence-corrected chi connectivity index (χ0v) is 16.5. The van der Waals surface area contributed by atoms with Gasteiger partial charge in [0.2, 0.25) is 11.8 Å². The average Bonchev–Trinajstić information content (AvgIpc) is 3.10. The van der Waals surface area contributed by atoms with Gasteiger partial charge in [-0.2, -0.15) is 0 Å². The summed E-state index contributed by atoms with van der Waals surface area (Å²) in [6.07, 6.45) is 1.30. The van der Waals surface area contributed by atoms with E-state index in [4.69, 9.17) is 10.5 Å². The highest BCUT2D eigenvalue weighted by Gasteiger charge is 2.40. The van der Waals surface area contributed by atoms with Crippen molar-refractivity contribution in [3.05, 3.63) is 40.9 Å². The van der Waals surface area contributed by atoms with Gasteiger partial charge >= 0.3 is 0 Å². The molecule has 1 aromatic heterocycles. The number of nitrogens with one attached hydrogen (secondary N) is 1. The molecule has 1 saturated heterocycles. The molecule has 0 aliphatic carbocycles. The highest BCUT2D eigenvalue weighted by atomic mass is 32.1. The van der Waals surface area contributed by atoms with Crippen LogP contribution in [0.25, 0.3) is 10.6 Å². The second-order valence-electron chi connectivity index (χ2n) is 7.25. The third-order valence-electron chi connectivity index (χ3n) is 4.81. The number of carbonyl (C=O) groups is 2. The van der Waals surface area contributed by atoms with Gasteiger partial charge in [-0.05, 0) is 24.3 Å². The van der Waals surface area contributed by atoms with Gasteiger partial charge in [-0.15, -0.1) is 11.3 Å². The topological polar surface area (TPSA) is 94.3 Å². The molecule has 144 valence electrons. The number of ether oxygens (including phenoxy) is 1. The molecule has 7 heteroatoms. The van der Waals surface area contributed by atoms with Crippen molar-refractivity contribution in [1.82, 2.24) is 10.3 Å². The average molecular weight is 388 g/mol. The molecule has 1 atom stereocenters. The van der Waals surface area contributed by atoms with Gasteiger partial charge in [0.25, 0.3) is 0 Å². The van der Waals surface area contributed by atoms with Gasteiger partial charge in [0.1, 0.15) is 10.5 Å². The molecule has 0 bridgehead atoms. The van der Waals surface area contributed by atoms with Crippen LogP contribution in [0.15, 0.2) is 29.6 Å². The van der Waals surface area contributed by atoms with Crippen molar-refractivity contribution in [3.8, 4) is 10.6 Å². The summed E-state index contributed by atoms with van der Waals surface area (Å²) in [5.41, 5.74) is 7.39. The number of thiazole rings is 1. The minimum absolute atomic E-state index is 0.107. The maximum atomic E-state index is 12.4. The number of nitrogens with two attached hydrogens (primary N) is 1. The summed E-state index contributed by atoms with van der Waals surface area (Å²) in [5.74, 6) is -0.345. The number of amides is 2. The van der Waals surface area contributed by atoms with Crippen LogP contribution in [0.2, 0.25) is 0 Å². The zero-order chi connectivity index (χ0) is 19.4. The standard InChI is InChI=1S/C20H25N3O3S/c1-13(2)14-4-6-15(7-5-14)18-22-16(11-27-18)10-17(24)23-20(19(21)25)8-3-9-26-12-20/h4-7,11,13H,3,8-10,12H2,1-2H3,(H2,21,25)(H,23,24). The molecular formula is C20H25N3O3S. The van der Waals surface area contributed by atoms with E-state index < -0.39 is 11.4 Å². The lowest BCUT2D eigenvalue weighted by Crippen LogP contribution is -2.62. The third kappa shape index (κ3) is 4.54. The maximum Gasteiger partial charge on any atom is 0.245 e. The molecule has 1 fully saturated rings. The molecule has 1 aromatic carbocycles. The van der Waals surface area contributed by atoms with E-state index in [2.05, 4.69) is 48.4 Å². The Morgan fingerprint density at radius 2 is 2.07 bits per heavy atom. The summed E-state index contributed by atoms with van der Waals surface area (Å²) in [7, 11) is 0. The highest BCUT2D eigenvalue weighted by molar-refractivity contribution is 7.13. The van der Waals surface area contributed by atoms with Gasteiger partial charge in [-0.1, -0.05) is 38.1 Å². The molecule has 1 aliphatic rings. The van der Waals surface area contributed by atoms with Gasteiger partial charge < -0.3 is 15.8 Å². The fourth-order valence-electron chi connectivity index (χ4n) is 3.16. The molecule has 0 saturated carbocycles. The summed E-state index contributed by atoms with van der Waals surface area (Å²) in [6.45, 7) is 5.02. The molecule has 2 amide bonds. The normalized spacial score (nSPS) is 19.8. The van der Waals surface area contributed by atoms with Crippen LogP contribution in [0.3, 0.4) is 0 Å². The van der Waals surface area contributed by atoms with Crippen molar-refractivity contribution in [3.63, 3.8) is 0 Å². The molecule has 0 radical (unpaired) electrons. The molecule has 1 aliphatic heterocycles. The lowest BCUT2D eigenvalue weighted by molar-refractivity contribution is -0.136. The van der Waals surface area contributed by atoms with Crippen molar-refractivity contribution < 1.29 is 14.3 Å². The van der Waals surface area contributed by atoms with E-state index in [9.17, 15) is 9.59 Å². The van der Waals surface area contributed by atoms with Gasteiger partial charge in [0.15, 0.2) is 0 Å². The Morgan fingerprint density at radius 1 is 1.33 bits per heavy atom. The summed E-state index contributed by atoms with van der Waals surface area (Å²) < 4.78 is 5.36. The molecule has 0 spiro atoms. The third-order valence-corrected chi connectivity index (χ3v) is 5.75. The van der Waals surface area contributed by atoms with Crippen LogP contribution in [-0.4, -0.2) is 35.6 Å². The first-order valence-corrected chi connectivity index (χ1v) is 10.0. The van der Waals surface area contributed by atoms with E-state index in [1.54, 1.807) is 0 Å². The van der Waals surface area contributed by atoms with Gasteiger partial charge in [0.05, 0.1) is 18.7 Å². The minimum Gasteiger partial charge on any atom is -0.378 e. The Morgan fingerprint density at radius 3 is 2.67 bits per heavy atom. The second kappa shape index (κ2) is 8.19. The summed E-state index contributed by atoms with van der Waals surface area (Å²) in [4.78, 5) is 28.9. The Labute approximate surface area is 163 Å². The Kier molecular flexibility index (Phi) is 5.92. The van der Waals surface area contributed by atoms with Gasteiger partial charge in [-0.3, -0.25) is 9.59 Å². The summed E-state index contributed by atoms with van der Waals surface area (Å²) in [6, 6.07) is 8.32. The molecule has 2 aromatic rings. The molecular weight excluding hydrogens is 362 g/mol. The predicted molar refractivity (Wildman–Crippen MR) is 105 cm³/mol. The van der Waals surface area contributed by atoms with Crippen molar-refractivity contribution >= 4 is 23.2 Å². The van der Waals surface area contributed by atoms with Crippen LogP contribution in [-0.2, 0) is 20.7 Å². The van der Waals surface area contributed by atoms with Gasteiger partial charge in [0, 0.05) is 17.6 Å². The molecule has 27 heavy (non-hydrogen) atoms. The first-order chi connectivity index (χ1) is 12.9. The lowest BCUT2D eigenvalue weighted by atomic mass is 9.91. The molecule has 3 rings (SSSR count). The number of benzene rings is 1. The number of nitrogens with zero attached hydrogens (tertiary/aromatic N) is 1. The number of carbonyl (C=O) groups excluding carboxylic acids is 2. The highest BCUT2D eigenvalue weighted by Crippen LogP contribution is 2.26. The van der Waals surface area contributed by atoms with E-state index in [-0.39, 0.29) is 18.9 Å². The van der Waals surface area contributed by atoms with Crippen LogP contribution in [0.5, 0.6) is 0 Å². The first-order valence-electron chi connectivity index (χ1n) is 9.13. The number of hydrogen-bond acceptors (Lipinski definition) is 5. The van der Waals surface area contributed by atoms with Crippen molar-refractivity contribution in [2.45, 2.75) is 44.6 Å². The quantitative estimate of drug-likeness (QED) is 0.797. The Bertz CT molecular complexity index is 808. The van der Waals surface area contributed by atoms with Gasteiger partial charge in [-0.25, -0.2) is 4.98 Å². The molecule has 3 N–H and O–H groups in total. The summed E-state index contributed by atoms with van der Waals surface area (Å²) in [5, 5.41) is 5.52. The van der Waals surface area contributed by atoms with Crippen molar-refractivity contribution in [2.24, 2.45) is 5.73 Å². The van der Waals surface area contributed by atoms with E-state index in [0.717, 1.165) is 10.6 Å². The van der Waals surface area contributed by atoms with Crippen LogP contribution >= 0.6 is 11.3 Å². The van der Waals surface area contributed by atoms with Crippen molar-refractivity contribution in [2.75, 3.05) is 13.2 Å². The van der Waals surface area contributed by atoms with Crippen LogP contribution < -0.4 is 11.1 Å². The first kappa shape index (κ1) is 19.5. The van der Waals surface area contributed by atoms with Crippen molar-refractivity contribution in [1.29, 1.82) is 0 Å². The fourth-order valence-corrected chi connectivity index (χ4v) is 3.98. The molecule has 1 unspecified atom stereocenters. The summed E-state index contributed by atoms with van der Waals surface area (Å²) >= 11 is 1.50. The van der Waals surface area contributed by atoms with Crippen LogP contribution in [0, 0.1) is 0 Å². The second-order valence-corrected chi connectivity index (χ2v) is 8.11. The van der Waals surface area contributed by atoms with Crippen LogP contribution in [0.1, 0.15) is 43.9 Å². The smallest absolute Gasteiger partial charge is 0.245 e. The zero-order valence-electron chi connectivity index (χ0n) is 15.7. The van der Waals surface area contributed by atoms with E-state index >= 15 is 0 Å². The lowest BCUT2D eigenvalue weighted by Gasteiger charge is -2.34.